The van der Waals surface area contributed by atoms with Crippen LogP contribution in [0, 0.1) is 5.41 Å². The summed E-state index contributed by atoms with van der Waals surface area (Å²) >= 11 is 0. The fraction of sp³-hybridized carbons (Fsp3) is 0.944. The zero-order valence-electron chi connectivity index (χ0n) is 15.9. The Morgan fingerprint density at radius 1 is 1.20 bits per heavy atom. The smallest absolute Gasteiger partial charge is 0.223 e. The SMILES string of the molecule is CCC1CN(C(=O)CC2(CN)CCCCC2)CCN1CCOC.Cl.Cl. The Kier molecular flexibility index (Phi) is 12.3. The molecule has 0 aromatic heterocycles. The first kappa shape index (κ1) is 24.9. The quantitative estimate of drug-likeness (QED) is 0.717. The monoisotopic (exact) mass is 397 g/mol. The summed E-state index contributed by atoms with van der Waals surface area (Å²) in [7, 11) is 1.75. The number of piperazine rings is 1. The van der Waals surface area contributed by atoms with E-state index in [1.54, 1.807) is 7.11 Å². The molecule has 0 spiro atoms. The third kappa shape index (κ3) is 6.87. The van der Waals surface area contributed by atoms with Gasteiger partial charge in [0.2, 0.25) is 5.91 Å². The molecule has 2 N–H and O–H groups in total. The second-order valence-corrected chi connectivity index (χ2v) is 7.37. The van der Waals surface area contributed by atoms with Gasteiger partial charge in [0.1, 0.15) is 0 Å². The molecule has 1 saturated carbocycles. The van der Waals surface area contributed by atoms with E-state index in [1.165, 1.54) is 19.3 Å². The van der Waals surface area contributed by atoms with Crippen molar-refractivity contribution in [1.82, 2.24) is 9.80 Å². The minimum atomic E-state index is 0. The molecule has 0 bridgehead atoms. The lowest BCUT2D eigenvalue weighted by molar-refractivity contribution is -0.137. The summed E-state index contributed by atoms with van der Waals surface area (Å²) in [5.41, 5.74) is 6.13. The average Bonchev–Trinajstić information content (AvgIpc) is 2.60. The van der Waals surface area contributed by atoms with Crippen LogP contribution < -0.4 is 5.73 Å². The van der Waals surface area contributed by atoms with Crippen LogP contribution >= 0.6 is 24.8 Å². The Hall–Kier alpha value is -0.0700. The van der Waals surface area contributed by atoms with E-state index in [9.17, 15) is 4.79 Å². The maximum Gasteiger partial charge on any atom is 0.223 e. The maximum absolute atomic E-state index is 12.8. The summed E-state index contributed by atoms with van der Waals surface area (Å²) in [5, 5.41) is 0. The minimum Gasteiger partial charge on any atom is -0.383 e. The summed E-state index contributed by atoms with van der Waals surface area (Å²) in [5.74, 6) is 0.321. The summed E-state index contributed by atoms with van der Waals surface area (Å²) < 4.78 is 5.20. The zero-order valence-corrected chi connectivity index (χ0v) is 17.5. The van der Waals surface area contributed by atoms with Gasteiger partial charge in [-0.1, -0.05) is 26.2 Å². The molecule has 1 heterocycles. The molecule has 1 amide bonds. The second kappa shape index (κ2) is 12.3. The van der Waals surface area contributed by atoms with E-state index in [4.69, 9.17) is 10.5 Å². The van der Waals surface area contributed by atoms with Gasteiger partial charge < -0.3 is 15.4 Å². The number of nitrogens with zero attached hydrogens (tertiary/aromatic N) is 2. The summed E-state index contributed by atoms with van der Waals surface area (Å²) in [6.07, 6.45) is 7.74. The highest BCUT2D eigenvalue weighted by atomic mass is 35.5. The van der Waals surface area contributed by atoms with Crippen molar-refractivity contribution in [3.8, 4) is 0 Å². The molecule has 2 rings (SSSR count). The van der Waals surface area contributed by atoms with Crippen LogP contribution in [0.3, 0.4) is 0 Å². The fourth-order valence-corrected chi connectivity index (χ4v) is 4.20. The number of amides is 1. The third-order valence-electron chi connectivity index (χ3n) is 5.88. The fourth-order valence-electron chi connectivity index (χ4n) is 4.20. The number of hydrogen-bond acceptors (Lipinski definition) is 4. The molecule has 7 heteroatoms. The molecule has 5 nitrogen and oxygen atoms in total. The molecular formula is C18H37Cl2N3O2. The molecule has 25 heavy (non-hydrogen) atoms. The maximum atomic E-state index is 12.8. The summed E-state index contributed by atoms with van der Waals surface area (Å²) in [6, 6.07) is 0.461. The van der Waals surface area contributed by atoms with Crippen LogP contribution in [0.2, 0.25) is 0 Å². The van der Waals surface area contributed by atoms with E-state index in [-0.39, 0.29) is 30.2 Å². The van der Waals surface area contributed by atoms with Gasteiger partial charge in [-0.25, -0.2) is 0 Å². The van der Waals surface area contributed by atoms with Gasteiger partial charge in [0.05, 0.1) is 6.61 Å². The highest BCUT2D eigenvalue weighted by Gasteiger charge is 2.36. The van der Waals surface area contributed by atoms with Crippen LogP contribution in [0.5, 0.6) is 0 Å². The Morgan fingerprint density at radius 3 is 2.44 bits per heavy atom. The molecule has 1 saturated heterocycles. The summed E-state index contributed by atoms with van der Waals surface area (Å²) in [6.45, 7) is 7.26. The van der Waals surface area contributed by atoms with Gasteiger partial charge in [0, 0.05) is 45.8 Å². The number of ether oxygens (including phenoxy) is 1. The van der Waals surface area contributed by atoms with Crippen LogP contribution in [0.1, 0.15) is 51.9 Å². The van der Waals surface area contributed by atoms with Crippen molar-refractivity contribution in [2.75, 3.05) is 46.4 Å². The topological polar surface area (TPSA) is 58.8 Å². The first-order valence-corrected chi connectivity index (χ1v) is 9.35. The van der Waals surface area contributed by atoms with Crippen molar-refractivity contribution in [3.63, 3.8) is 0 Å². The molecular weight excluding hydrogens is 361 g/mol. The number of carbonyl (C=O) groups excluding carboxylic acids is 1. The van der Waals surface area contributed by atoms with Gasteiger partial charge in [-0.05, 0) is 31.2 Å². The average molecular weight is 398 g/mol. The van der Waals surface area contributed by atoms with E-state index < -0.39 is 0 Å². The second-order valence-electron chi connectivity index (χ2n) is 7.37. The molecule has 2 aliphatic rings. The highest BCUT2D eigenvalue weighted by Crippen LogP contribution is 2.39. The molecule has 1 unspecified atom stereocenters. The summed E-state index contributed by atoms with van der Waals surface area (Å²) in [4.78, 5) is 17.4. The lowest BCUT2D eigenvalue weighted by atomic mass is 9.71. The highest BCUT2D eigenvalue weighted by molar-refractivity contribution is 5.85. The van der Waals surface area contributed by atoms with E-state index in [0.29, 0.717) is 24.9 Å². The molecule has 1 aliphatic carbocycles. The number of methoxy groups -OCH3 is 1. The Morgan fingerprint density at radius 2 is 1.88 bits per heavy atom. The predicted octanol–water partition coefficient (Wildman–Crippen LogP) is 2.70. The first-order valence-electron chi connectivity index (χ1n) is 9.35. The standard InChI is InChI=1S/C18H35N3O2.2ClH/c1-3-16-14-21(10-9-20(16)11-12-23-2)17(22)13-18(15-19)7-5-4-6-8-18;;/h16H,3-15,19H2,1-2H3;2*1H. The number of carbonyl (C=O) groups is 1. The van der Waals surface area contributed by atoms with E-state index in [0.717, 1.165) is 52.0 Å². The van der Waals surface area contributed by atoms with Crippen LogP contribution in [-0.4, -0.2) is 68.2 Å². The van der Waals surface area contributed by atoms with Crippen molar-refractivity contribution in [3.05, 3.63) is 0 Å². The van der Waals surface area contributed by atoms with Gasteiger partial charge >= 0.3 is 0 Å². The lowest BCUT2D eigenvalue weighted by Crippen LogP contribution is -2.56. The van der Waals surface area contributed by atoms with Gasteiger partial charge in [-0.3, -0.25) is 9.69 Å². The van der Waals surface area contributed by atoms with Crippen molar-refractivity contribution in [1.29, 1.82) is 0 Å². The molecule has 1 aliphatic heterocycles. The number of rotatable bonds is 7. The van der Waals surface area contributed by atoms with E-state index >= 15 is 0 Å². The molecule has 1 atom stereocenters. The van der Waals surface area contributed by atoms with E-state index in [1.807, 2.05) is 0 Å². The Bertz CT molecular complexity index is 379. The van der Waals surface area contributed by atoms with Crippen molar-refractivity contribution < 1.29 is 9.53 Å². The molecule has 0 radical (unpaired) electrons. The Labute approximate surface area is 165 Å². The first-order chi connectivity index (χ1) is 11.1. The number of hydrogen-bond donors (Lipinski definition) is 1. The van der Waals surface area contributed by atoms with Crippen LogP contribution in [0.25, 0.3) is 0 Å². The molecule has 2 fully saturated rings. The molecule has 150 valence electrons. The van der Waals surface area contributed by atoms with Gasteiger partial charge in [0.15, 0.2) is 0 Å². The van der Waals surface area contributed by atoms with Crippen LogP contribution in [-0.2, 0) is 9.53 Å². The van der Waals surface area contributed by atoms with Crippen molar-refractivity contribution in [2.24, 2.45) is 11.1 Å². The Balaban J connectivity index is 0.00000288. The van der Waals surface area contributed by atoms with Gasteiger partial charge in [0.25, 0.3) is 0 Å². The van der Waals surface area contributed by atoms with Crippen molar-refractivity contribution in [2.45, 2.75) is 57.9 Å². The normalized spacial score (nSPS) is 23.5. The van der Waals surface area contributed by atoms with Crippen LogP contribution in [0.15, 0.2) is 0 Å². The number of halogens is 2. The predicted molar refractivity (Wildman–Crippen MR) is 108 cm³/mol. The van der Waals surface area contributed by atoms with Gasteiger partial charge in [-0.2, -0.15) is 0 Å². The molecule has 0 aromatic carbocycles. The van der Waals surface area contributed by atoms with Crippen LogP contribution in [0.4, 0.5) is 0 Å². The largest absolute Gasteiger partial charge is 0.383 e. The van der Waals surface area contributed by atoms with E-state index in [2.05, 4.69) is 16.7 Å². The number of nitrogens with two attached hydrogens (primary N) is 1. The third-order valence-corrected chi connectivity index (χ3v) is 5.88. The van der Waals surface area contributed by atoms with Crippen molar-refractivity contribution >= 4 is 30.7 Å². The zero-order chi connectivity index (χ0) is 16.7. The minimum absolute atomic E-state index is 0. The lowest BCUT2D eigenvalue weighted by Gasteiger charge is -2.43. The molecule has 0 aromatic rings. The van der Waals surface area contributed by atoms with Gasteiger partial charge in [-0.15, -0.1) is 24.8 Å².